The highest BCUT2D eigenvalue weighted by Gasteiger charge is 2.12. The third kappa shape index (κ3) is 2.40. The molecule has 0 bridgehead atoms. The summed E-state index contributed by atoms with van der Waals surface area (Å²) in [4.78, 5) is 0.228. The van der Waals surface area contributed by atoms with Crippen LogP contribution in [0.25, 0.3) is 11.3 Å². The van der Waals surface area contributed by atoms with Crippen molar-refractivity contribution in [3.05, 3.63) is 42.2 Å². The third-order valence-corrected chi connectivity index (χ3v) is 3.85. The van der Waals surface area contributed by atoms with Crippen LogP contribution in [0, 0.1) is 6.92 Å². The molecule has 0 aliphatic rings. The number of furan rings is 1. The number of hydrogen-bond acceptors (Lipinski definition) is 3. The molecule has 0 unspecified atom stereocenters. The molecule has 1 heterocycles. The third-order valence-electron chi connectivity index (χ3n) is 2.44. The summed E-state index contributed by atoms with van der Waals surface area (Å²) in [5.74, 6) is 1.46. The van der Waals surface area contributed by atoms with Crippen LogP contribution in [0.3, 0.4) is 0 Å². The van der Waals surface area contributed by atoms with Gasteiger partial charge in [0.25, 0.3) is 0 Å². The van der Waals surface area contributed by atoms with E-state index in [1.807, 2.05) is 25.1 Å². The monoisotopic (exact) mass is 251 g/mol. The van der Waals surface area contributed by atoms with Gasteiger partial charge in [-0.1, -0.05) is 12.1 Å². The fraction of sp³-hybridized carbons (Fsp3) is 0.167. The fourth-order valence-electron chi connectivity index (χ4n) is 1.52. The molecule has 1 aromatic heterocycles. The topological polar surface area (TPSA) is 59.3 Å². The number of sulfonamides is 1. The molecular weight excluding hydrogens is 238 g/mol. The molecule has 0 saturated carbocycles. The Labute approximate surface area is 100 Å². The van der Waals surface area contributed by atoms with Gasteiger partial charge in [0, 0.05) is 5.56 Å². The number of hydrogen-bond donors (Lipinski definition) is 1. The zero-order chi connectivity index (χ0) is 12.5. The molecular formula is C12H13NO3S. The first kappa shape index (κ1) is 11.9. The van der Waals surface area contributed by atoms with Crippen molar-refractivity contribution in [1.29, 1.82) is 0 Å². The molecule has 5 heteroatoms. The van der Waals surface area contributed by atoms with Crippen LogP contribution in [-0.4, -0.2) is 15.5 Å². The number of nitrogens with one attached hydrogen (secondary N) is 1. The van der Waals surface area contributed by atoms with Crippen LogP contribution >= 0.6 is 0 Å². The van der Waals surface area contributed by atoms with E-state index < -0.39 is 10.0 Å². The number of rotatable bonds is 3. The molecule has 1 N–H and O–H groups in total. The maximum atomic E-state index is 11.6. The van der Waals surface area contributed by atoms with Gasteiger partial charge in [-0.05, 0) is 38.2 Å². The smallest absolute Gasteiger partial charge is 0.240 e. The Kier molecular flexibility index (Phi) is 3.04. The summed E-state index contributed by atoms with van der Waals surface area (Å²) in [6, 6.07) is 10.3. The van der Waals surface area contributed by atoms with Crippen molar-refractivity contribution >= 4 is 10.0 Å². The number of aryl methyl sites for hydroxylation is 1. The predicted octanol–water partition coefficient (Wildman–Crippen LogP) is 2.16. The van der Waals surface area contributed by atoms with Gasteiger partial charge in [0.05, 0.1) is 4.90 Å². The average Bonchev–Trinajstić information content (AvgIpc) is 2.76. The molecule has 4 nitrogen and oxygen atoms in total. The molecule has 0 atom stereocenters. The Morgan fingerprint density at radius 2 is 1.94 bits per heavy atom. The molecule has 0 radical (unpaired) electrons. The van der Waals surface area contributed by atoms with Crippen molar-refractivity contribution in [2.75, 3.05) is 7.05 Å². The average molecular weight is 251 g/mol. The minimum absolute atomic E-state index is 0.228. The van der Waals surface area contributed by atoms with Crippen molar-refractivity contribution in [3.8, 4) is 11.3 Å². The molecule has 90 valence electrons. The summed E-state index contributed by atoms with van der Waals surface area (Å²) in [5.41, 5.74) is 0.745. The molecule has 0 saturated heterocycles. The van der Waals surface area contributed by atoms with Crippen molar-refractivity contribution in [3.63, 3.8) is 0 Å². The fourth-order valence-corrected chi connectivity index (χ4v) is 2.30. The van der Waals surface area contributed by atoms with Gasteiger partial charge in [-0.25, -0.2) is 13.1 Å². The normalized spacial score (nSPS) is 11.6. The molecule has 1 aromatic carbocycles. The molecule has 17 heavy (non-hydrogen) atoms. The highest BCUT2D eigenvalue weighted by molar-refractivity contribution is 7.89. The standard InChI is InChI=1S/C12H13NO3S/c1-9-6-7-12(16-9)10-4-3-5-11(8-10)17(14,15)13-2/h3-8,13H,1-2H3. The lowest BCUT2D eigenvalue weighted by Gasteiger charge is -2.03. The van der Waals surface area contributed by atoms with E-state index in [2.05, 4.69) is 4.72 Å². The second-order valence-corrected chi connectivity index (χ2v) is 5.53. The highest BCUT2D eigenvalue weighted by atomic mass is 32.2. The van der Waals surface area contributed by atoms with E-state index in [1.165, 1.54) is 7.05 Å². The molecule has 2 rings (SSSR count). The first-order chi connectivity index (χ1) is 8.03. The molecule has 0 amide bonds. The Morgan fingerprint density at radius 1 is 1.18 bits per heavy atom. The highest BCUT2D eigenvalue weighted by Crippen LogP contribution is 2.24. The summed E-state index contributed by atoms with van der Waals surface area (Å²) in [7, 11) is -2.03. The lowest BCUT2D eigenvalue weighted by Crippen LogP contribution is -2.18. The van der Waals surface area contributed by atoms with Crippen molar-refractivity contribution < 1.29 is 12.8 Å². The summed E-state index contributed by atoms with van der Waals surface area (Å²) < 4.78 is 31.0. The van der Waals surface area contributed by atoms with E-state index in [-0.39, 0.29) is 4.90 Å². The van der Waals surface area contributed by atoms with Crippen LogP contribution in [0.15, 0.2) is 45.7 Å². The summed E-state index contributed by atoms with van der Waals surface area (Å²) >= 11 is 0. The minimum Gasteiger partial charge on any atom is -0.461 e. The second kappa shape index (κ2) is 4.35. The summed E-state index contributed by atoms with van der Waals surface area (Å²) in [5, 5.41) is 0. The maximum absolute atomic E-state index is 11.6. The van der Waals surface area contributed by atoms with Crippen LogP contribution in [0.5, 0.6) is 0 Å². The van der Waals surface area contributed by atoms with E-state index in [0.29, 0.717) is 5.76 Å². The Bertz CT molecular complexity index is 629. The molecule has 2 aromatic rings. The van der Waals surface area contributed by atoms with Gasteiger partial charge in [0.15, 0.2) is 0 Å². The van der Waals surface area contributed by atoms with E-state index in [0.717, 1.165) is 11.3 Å². The predicted molar refractivity (Wildman–Crippen MR) is 65.1 cm³/mol. The van der Waals surface area contributed by atoms with Gasteiger partial charge in [0.1, 0.15) is 11.5 Å². The quantitative estimate of drug-likeness (QED) is 0.909. The lowest BCUT2D eigenvalue weighted by atomic mass is 10.2. The summed E-state index contributed by atoms with van der Waals surface area (Å²) in [6.45, 7) is 1.84. The van der Waals surface area contributed by atoms with Gasteiger partial charge in [-0.15, -0.1) is 0 Å². The van der Waals surface area contributed by atoms with Crippen molar-refractivity contribution in [2.24, 2.45) is 0 Å². The van der Waals surface area contributed by atoms with Gasteiger partial charge >= 0.3 is 0 Å². The van der Waals surface area contributed by atoms with Gasteiger partial charge in [-0.3, -0.25) is 0 Å². The van der Waals surface area contributed by atoms with Crippen LogP contribution < -0.4 is 4.72 Å². The zero-order valence-electron chi connectivity index (χ0n) is 9.60. The molecule has 0 aliphatic carbocycles. The van der Waals surface area contributed by atoms with Crippen molar-refractivity contribution in [2.45, 2.75) is 11.8 Å². The van der Waals surface area contributed by atoms with E-state index >= 15 is 0 Å². The van der Waals surface area contributed by atoms with Gasteiger partial charge < -0.3 is 4.42 Å². The Hall–Kier alpha value is -1.59. The van der Waals surface area contributed by atoms with Gasteiger partial charge in [0.2, 0.25) is 10.0 Å². The van der Waals surface area contributed by atoms with Crippen LogP contribution in [0.4, 0.5) is 0 Å². The SMILES string of the molecule is CNS(=O)(=O)c1cccc(-c2ccc(C)o2)c1. The summed E-state index contributed by atoms with van der Waals surface area (Å²) in [6.07, 6.45) is 0. The van der Waals surface area contributed by atoms with Crippen molar-refractivity contribution in [1.82, 2.24) is 4.72 Å². The lowest BCUT2D eigenvalue weighted by molar-refractivity contribution is 0.548. The van der Waals surface area contributed by atoms with Crippen LogP contribution in [-0.2, 0) is 10.0 Å². The first-order valence-corrected chi connectivity index (χ1v) is 6.62. The van der Waals surface area contributed by atoms with E-state index in [1.54, 1.807) is 18.2 Å². The van der Waals surface area contributed by atoms with Gasteiger partial charge in [-0.2, -0.15) is 0 Å². The molecule has 0 spiro atoms. The molecule has 0 aliphatic heterocycles. The second-order valence-electron chi connectivity index (χ2n) is 3.65. The zero-order valence-corrected chi connectivity index (χ0v) is 10.4. The minimum atomic E-state index is -3.41. The largest absolute Gasteiger partial charge is 0.461 e. The van der Waals surface area contributed by atoms with E-state index in [4.69, 9.17) is 4.42 Å². The number of benzene rings is 1. The Morgan fingerprint density at radius 3 is 2.53 bits per heavy atom. The molecule has 0 fully saturated rings. The van der Waals surface area contributed by atoms with Crippen LogP contribution in [0.1, 0.15) is 5.76 Å². The first-order valence-electron chi connectivity index (χ1n) is 5.13. The van der Waals surface area contributed by atoms with E-state index in [9.17, 15) is 8.42 Å². The maximum Gasteiger partial charge on any atom is 0.240 e. The van der Waals surface area contributed by atoms with Crippen LogP contribution in [0.2, 0.25) is 0 Å². The Balaban J connectivity index is 2.49.